The molecule has 1 aromatic carbocycles. The van der Waals surface area contributed by atoms with Crippen LogP contribution >= 0.6 is 0 Å². The summed E-state index contributed by atoms with van der Waals surface area (Å²) in [5.74, 6) is -0.0135. The van der Waals surface area contributed by atoms with Gasteiger partial charge in [0, 0.05) is 25.3 Å². The van der Waals surface area contributed by atoms with E-state index in [-0.39, 0.29) is 5.91 Å². The zero-order valence-corrected chi connectivity index (χ0v) is 12.4. The third-order valence-electron chi connectivity index (χ3n) is 2.83. The van der Waals surface area contributed by atoms with Crippen molar-refractivity contribution in [2.24, 2.45) is 0 Å². The summed E-state index contributed by atoms with van der Waals surface area (Å²) >= 11 is 0. The Labute approximate surface area is 116 Å². The molecule has 4 heteroatoms. The topological polar surface area (TPSA) is 44.4 Å². The molecule has 0 saturated carbocycles. The fourth-order valence-corrected chi connectivity index (χ4v) is 1.75. The molecule has 1 aromatic rings. The smallest absolute Gasteiger partial charge is 0.253 e. The number of amides is 1. The number of benzene rings is 1. The first-order chi connectivity index (χ1) is 9.04. The van der Waals surface area contributed by atoms with E-state index in [0.717, 1.165) is 36.3 Å². The van der Waals surface area contributed by atoms with Crippen LogP contribution in [-0.4, -0.2) is 44.5 Å². The summed E-state index contributed by atoms with van der Waals surface area (Å²) in [6.45, 7) is 6.52. The highest BCUT2D eigenvalue weighted by Gasteiger charge is 2.10. The van der Waals surface area contributed by atoms with E-state index in [1.54, 1.807) is 0 Å². The van der Waals surface area contributed by atoms with Gasteiger partial charge in [-0.25, -0.2) is 0 Å². The third kappa shape index (κ3) is 5.30. The molecule has 0 aromatic heterocycles. The fourth-order valence-electron chi connectivity index (χ4n) is 1.75. The van der Waals surface area contributed by atoms with Crippen molar-refractivity contribution in [1.29, 1.82) is 0 Å². The zero-order chi connectivity index (χ0) is 14.3. The van der Waals surface area contributed by atoms with Crippen LogP contribution in [0.15, 0.2) is 18.2 Å². The number of aryl methyl sites for hydroxylation is 1. The van der Waals surface area contributed by atoms with Crippen LogP contribution in [-0.2, 0) is 0 Å². The molecule has 0 aliphatic heterocycles. The van der Waals surface area contributed by atoms with Gasteiger partial charge >= 0.3 is 0 Å². The van der Waals surface area contributed by atoms with Crippen LogP contribution < -0.4 is 10.6 Å². The first-order valence-corrected chi connectivity index (χ1v) is 6.82. The molecule has 0 atom stereocenters. The van der Waals surface area contributed by atoms with Crippen molar-refractivity contribution >= 4 is 11.6 Å². The predicted octanol–water partition coefficient (Wildman–Crippen LogP) is 2.11. The lowest BCUT2D eigenvalue weighted by Gasteiger charge is -2.14. The van der Waals surface area contributed by atoms with Gasteiger partial charge in [0.1, 0.15) is 0 Å². The normalized spacial score (nSPS) is 10.6. The molecular formula is C15H25N3O. The SMILES string of the molecule is CCCNc1cc(C)ccc1C(=O)NCCN(C)C. The molecule has 0 saturated heterocycles. The van der Waals surface area contributed by atoms with Gasteiger partial charge in [0.05, 0.1) is 5.56 Å². The first kappa shape index (κ1) is 15.5. The van der Waals surface area contributed by atoms with Gasteiger partial charge in [0.25, 0.3) is 5.91 Å². The van der Waals surface area contributed by atoms with E-state index >= 15 is 0 Å². The maximum absolute atomic E-state index is 12.2. The molecule has 0 unspecified atom stereocenters. The van der Waals surface area contributed by atoms with Crippen molar-refractivity contribution in [2.75, 3.05) is 39.0 Å². The van der Waals surface area contributed by atoms with Crippen LogP contribution in [0, 0.1) is 6.92 Å². The molecule has 106 valence electrons. The molecule has 0 fully saturated rings. The maximum atomic E-state index is 12.2. The molecule has 0 aliphatic carbocycles. The van der Waals surface area contributed by atoms with E-state index in [1.807, 2.05) is 44.1 Å². The number of hydrogen-bond acceptors (Lipinski definition) is 3. The van der Waals surface area contributed by atoms with Gasteiger partial charge in [-0.2, -0.15) is 0 Å². The number of anilines is 1. The second-order valence-corrected chi connectivity index (χ2v) is 5.03. The number of rotatable bonds is 7. The lowest BCUT2D eigenvalue weighted by Crippen LogP contribution is -2.31. The summed E-state index contributed by atoms with van der Waals surface area (Å²) in [4.78, 5) is 14.2. The summed E-state index contributed by atoms with van der Waals surface area (Å²) < 4.78 is 0. The quantitative estimate of drug-likeness (QED) is 0.792. The van der Waals surface area contributed by atoms with Crippen molar-refractivity contribution in [3.8, 4) is 0 Å². The Balaban J connectivity index is 2.71. The number of hydrogen-bond donors (Lipinski definition) is 2. The van der Waals surface area contributed by atoms with Crippen molar-refractivity contribution < 1.29 is 4.79 Å². The molecule has 2 N–H and O–H groups in total. The maximum Gasteiger partial charge on any atom is 0.253 e. The number of likely N-dealkylation sites (N-methyl/N-ethyl adjacent to an activating group) is 1. The number of carbonyl (C=O) groups excluding carboxylic acids is 1. The minimum absolute atomic E-state index is 0.0135. The van der Waals surface area contributed by atoms with Gasteiger partial charge in [-0.15, -0.1) is 0 Å². The number of carbonyl (C=O) groups is 1. The average molecular weight is 263 g/mol. The van der Waals surface area contributed by atoms with Gasteiger partial charge in [-0.3, -0.25) is 4.79 Å². The largest absolute Gasteiger partial charge is 0.384 e. The standard InChI is InChI=1S/C15H25N3O/c1-5-8-16-14-11-12(2)6-7-13(14)15(19)17-9-10-18(3)4/h6-7,11,16H,5,8-10H2,1-4H3,(H,17,19). The lowest BCUT2D eigenvalue weighted by molar-refractivity contribution is 0.0952. The molecule has 1 amide bonds. The Kier molecular flexibility index (Phi) is 6.36. The van der Waals surface area contributed by atoms with Crippen molar-refractivity contribution in [1.82, 2.24) is 10.2 Å². The fraction of sp³-hybridized carbons (Fsp3) is 0.533. The van der Waals surface area contributed by atoms with Crippen LogP contribution in [0.25, 0.3) is 0 Å². The number of nitrogens with one attached hydrogen (secondary N) is 2. The molecule has 0 radical (unpaired) electrons. The van der Waals surface area contributed by atoms with Gasteiger partial charge < -0.3 is 15.5 Å². The molecule has 1 rings (SSSR count). The molecule has 0 aliphatic rings. The summed E-state index contributed by atoms with van der Waals surface area (Å²) in [7, 11) is 3.98. The Morgan fingerprint density at radius 2 is 2.00 bits per heavy atom. The summed E-state index contributed by atoms with van der Waals surface area (Å²) in [5.41, 5.74) is 2.80. The molecule has 0 spiro atoms. The van der Waals surface area contributed by atoms with Gasteiger partial charge in [0.15, 0.2) is 0 Å². The minimum Gasteiger partial charge on any atom is -0.384 e. The third-order valence-corrected chi connectivity index (χ3v) is 2.83. The first-order valence-electron chi connectivity index (χ1n) is 6.82. The number of nitrogens with zero attached hydrogens (tertiary/aromatic N) is 1. The van der Waals surface area contributed by atoms with E-state index in [2.05, 4.69) is 17.6 Å². The van der Waals surface area contributed by atoms with Crippen molar-refractivity contribution in [3.63, 3.8) is 0 Å². The van der Waals surface area contributed by atoms with Gasteiger partial charge in [0.2, 0.25) is 0 Å². The molecule has 19 heavy (non-hydrogen) atoms. The van der Waals surface area contributed by atoms with Crippen molar-refractivity contribution in [3.05, 3.63) is 29.3 Å². The Morgan fingerprint density at radius 1 is 1.26 bits per heavy atom. The van der Waals surface area contributed by atoms with Crippen LogP contribution in [0.1, 0.15) is 29.3 Å². The van der Waals surface area contributed by atoms with Crippen LogP contribution in [0.3, 0.4) is 0 Å². The average Bonchev–Trinajstić information content (AvgIpc) is 2.35. The second-order valence-electron chi connectivity index (χ2n) is 5.03. The monoisotopic (exact) mass is 263 g/mol. The van der Waals surface area contributed by atoms with E-state index < -0.39 is 0 Å². The highest BCUT2D eigenvalue weighted by molar-refractivity contribution is 5.99. The van der Waals surface area contributed by atoms with Crippen LogP contribution in [0.5, 0.6) is 0 Å². The van der Waals surface area contributed by atoms with Crippen LogP contribution in [0.4, 0.5) is 5.69 Å². The Bertz CT molecular complexity index is 416. The lowest BCUT2D eigenvalue weighted by atomic mass is 10.1. The Morgan fingerprint density at radius 3 is 2.63 bits per heavy atom. The zero-order valence-electron chi connectivity index (χ0n) is 12.4. The highest BCUT2D eigenvalue weighted by Crippen LogP contribution is 2.17. The predicted molar refractivity (Wildman–Crippen MR) is 80.8 cm³/mol. The highest BCUT2D eigenvalue weighted by atomic mass is 16.1. The van der Waals surface area contributed by atoms with Gasteiger partial charge in [-0.1, -0.05) is 13.0 Å². The molecular weight excluding hydrogens is 238 g/mol. The minimum atomic E-state index is -0.0135. The molecule has 0 heterocycles. The van der Waals surface area contributed by atoms with E-state index in [1.165, 1.54) is 0 Å². The molecule has 0 bridgehead atoms. The van der Waals surface area contributed by atoms with Crippen molar-refractivity contribution in [2.45, 2.75) is 20.3 Å². The summed E-state index contributed by atoms with van der Waals surface area (Å²) in [5, 5.41) is 6.26. The van der Waals surface area contributed by atoms with E-state index in [9.17, 15) is 4.79 Å². The Hall–Kier alpha value is -1.55. The van der Waals surface area contributed by atoms with Crippen LogP contribution in [0.2, 0.25) is 0 Å². The van der Waals surface area contributed by atoms with Gasteiger partial charge in [-0.05, 0) is 45.1 Å². The van der Waals surface area contributed by atoms with E-state index in [4.69, 9.17) is 0 Å². The van der Waals surface area contributed by atoms with E-state index in [0.29, 0.717) is 6.54 Å². The molecule has 4 nitrogen and oxygen atoms in total. The second kappa shape index (κ2) is 7.79. The summed E-state index contributed by atoms with van der Waals surface area (Å²) in [6.07, 6.45) is 1.04. The summed E-state index contributed by atoms with van der Waals surface area (Å²) in [6, 6.07) is 5.88.